The van der Waals surface area contributed by atoms with Crippen molar-refractivity contribution in [2.45, 2.75) is 20.3 Å². The minimum absolute atomic E-state index is 0.267. The minimum Gasteiger partial charge on any atom is -0.493 e. The highest BCUT2D eigenvalue weighted by Crippen LogP contribution is 2.30. The molecule has 0 aliphatic heterocycles. The van der Waals surface area contributed by atoms with Gasteiger partial charge in [0.1, 0.15) is 0 Å². The van der Waals surface area contributed by atoms with Gasteiger partial charge in [0.15, 0.2) is 11.5 Å². The van der Waals surface area contributed by atoms with Crippen LogP contribution in [0.2, 0.25) is 0 Å². The average molecular weight is 264 g/mol. The van der Waals surface area contributed by atoms with Crippen molar-refractivity contribution in [1.29, 1.82) is 0 Å². The van der Waals surface area contributed by atoms with Crippen molar-refractivity contribution in [3.8, 4) is 11.5 Å². The van der Waals surface area contributed by atoms with Crippen molar-refractivity contribution < 1.29 is 24.2 Å². The van der Waals surface area contributed by atoms with Gasteiger partial charge in [-0.05, 0) is 30.2 Å². The Morgan fingerprint density at radius 2 is 2.00 bits per heavy atom. The maximum atomic E-state index is 11.2. The molecule has 0 aliphatic carbocycles. The van der Waals surface area contributed by atoms with Crippen molar-refractivity contribution in [1.82, 2.24) is 0 Å². The summed E-state index contributed by atoms with van der Waals surface area (Å²) in [5.41, 5.74) is 1.27. The number of carbonyl (C=O) groups is 2. The molecule has 0 unspecified atom stereocenters. The first-order chi connectivity index (χ1) is 8.97. The van der Waals surface area contributed by atoms with E-state index in [-0.39, 0.29) is 12.4 Å². The zero-order valence-corrected chi connectivity index (χ0v) is 11.1. The van der Waals surface area contributed by atoms with Crippen molar-refractivity contribution in [3.63, 3.8) is 0 Å². The number of carboxylic acid groups (broad SMARTS) is 1. The number of esters is 1. The standard InChI is InChI=1S/C14H16O5/c1-4-14(17)19-11-6-5-10(8-12(11)18-3)9(2)7-13(15)16/h5-8H,4H2,1-3H3,(H,15,16). The number of allylic oxidation sites excluding steroid dienone is 1. The lowest BCUT2D eigenvalue weighted by molar-refractivity contribution is -0.134. The van der Waals surface area contributed by atoms with Gasteiger partial charge in [-0.1, -0.05) is 13.0 Å². The molecule has 5 heteroatoms. The van der Waals surface area contributed by atoms with Gasteiger partial charge in [-0.15, -0.1) is 0 Å². The molecule has 1 N–H and O–H groups in total. The summed E-state index contributed by atoms with van der Waals surface area (Å²) < 4.78 is 10.2. The van der Waals surface area contributed by atoms with E-state index in [4.69, 9.17) is 14.6 Å². The lowest BCUT2D eigenvalue weighted by atomic mass is 10.1. The van der Waals surface area contributed by atoms with Gasteiger partial charge in [-0.25, -0.2) is 4.79 Å². The third kappa shape index (κ3) is 4.13. The van der Waals surface area contributed by atoms with Crippen molar-refractivity contribution >= 4 is 17.5 Å². The first kappa shape index (κ1) is 14.8. The Balaban J connectivity index is 3.08. The molecular formula is C14H16O5. The summed E-state index contributed by atoms with van der Waals surface area (Å²) >= 11 is 0. The lowest BCUT2D eigenvalue weighted by Gasteiger charge is -2.10. The van der Waals surface area contributed by atoms with Crippen molar-refractivity contribution in [3.05, 3.63) is 29.8 Å². The molecule has 0 fully saturated rings. The summed E-state index contributed by atoms with van der Waals surface area (Å²) in [6.45, 7) is 3.38. The topological polar surface area (TPSA) is 72.8 Å². The van der Waals surface area contributed by atoms with E-state index in [9.17, 15) is 9.59 Å². The second-order valence-corrected chi connectivity index (χ2v) is 3.86. The van der Waals surface area contributed by atoms with Crippen LogP contribution in [-0.2, 0) is 9.59 Å². The van der Waals surface area contributed by atoms with Gasteiger partial charge in [-0.3, -0.25) is 4.79 Å². The van der Waals surface area contributed by atoms with Crippen LogP contribution in [0.25, 0.3) is 5.57 Å². The first-order valence-corrected chi connectivity index (χ1v) is 5.78. The van der Waals surface area contributed by atoms with Gasteiger partial charge in [0, 0.05) is 12.5 Å². The molecular weight excluding hydrogens is 248 g/mol. The summed E-state index contributed by atoms with van der Waals surface area (Å²) in [7, 11) is 1.46. The van der Waals surface area contributed by atoms with E-state index >= 15 is 0 Å². The van der Waals surface area contributed by atoms with E-state index < -0.39 is 5.97 Å². The van der Waals surface area contributed by atoms with Gasteiger partial charge in [0.05, 0.1) is 7.11 Å². The van der Waals surface area contributed by atoms with Crippen LogP contribution < -0.4 is 9.47 Å². The Hall–Kier alpha value is -2.30. The monoisotopic (exact) mass is 264 g/mol. The number of hydrogen-bond donors (Lipinski definition) is 1. The Morgan fingerprint density at radius 1 is 1.32 bits per heavy atom. The van der Waals surface area contributed by atoms with E-state index in [2.05, 4.69) is 0 Å². The predicted molar refractivity (Wildman–Crippen MR) is 70.2 cm³/mol. The Labute approximate surface area is 111 Å². The number of rotatable bonds is 5. The second-order valence-electron chi connectivity index (χ2n) is 3.86. The van der Waals surface area contributed by atoms with Crippen LogP contribution in [0.3, 0.4) is 0 Å². The number of carboxylic acids is 1. The quantitative estimate of drug-likeness (QED) is 0.502. The van der Waals surface area contributed by atoms with Gasteiger partial charge in [-0.2, -0.15) is 0 Å². The van der Waals surface area contributed by atoms with Crippen LogP contribution in [0.1, 0.15) is 25.8 Å². The summed E-state index contributed by atoms with van der Waals surface area (Å²) in [6.07, 6.45) is 1.37. The molecule has 0 aliphatic rings. The maximum Gasteiger partial charge on any atom is 0.328 e. The van der Waals surface area contributed by atoms with E-state index in [1.165, 1.54) is 7.11 Å². The molecule has 1 aromatic carbocycles. The number of benzene rings is 1. The molecule has 0 saturated heterocycles. The second kappa shape index (κ2) is 6.58. The fourth-order valence-electron chi connectivity index (χ4n) is 1.46. The highest BCUT2D eigenvalue weighted by molar-refractivity contribution is 5.89. The van der Waals surface area contributed by atoms with E-state index in [1.807, 2.05) is 0 Å². The summed E-state index contributed by atoms with van der Waals surface area (Å²) in [5, 5.41) is 8.70. The van der Waals surface area contributed by atoms with E-state index in [0.717, 1.165) is 6.08 Å². The Kier molecular flexibility index (Phi) is 5.11. The van der Waals surface area contributed by atoms with Crippen LogP contribution in [0.5, 0.6) is 11.5 Å². The normalized spacial score (nSPS) is 11.0. The highest BCUT2D eigenvalue weighted by Gasteiger charge is 2.10. The molecule has 1 rings (SSSR count). The van der Waals surface area contributed by atoms with Gasteiger partial charge in [0.2, 0.25) is 0 Å². The third-order valence-electron chi connectivity index (χ3n) is 2.47. The van der Waals surface area contributed by atoms with E-state index in [1.54, 1.807) is 32.0 Å². The van der Waals surface area contributed by atoms with Gasteiger partial charge >= 0.3 is 11.9 Å². The van der Waals surface area contributed by atoms with Crippen molar-refractivity contribution in [2.75, 3.05) is 7.11 Å². The molecule has 0 bridgehead atoms. The van der Waals surface area contributed by atoms with Crippen LogP contribution in [0, 0.1) is 0 Å². The molecule has 102 valence electrons. The number of ether oxygens (including phenoxy) is 2. The molecule has 1 aromatic rings. The molecule has 0 aromatic heterocycles. The fraction of sp³-hybridized carbons (Fsp3) is 0.286. The molecule has 0 amide bonds. The molecule has 0 heterocycles. The highest BCUT2D eigenvalue weighted by atomic mass is 16.6. The number of aliphatic carboxylic acids is 1. The minimum atomic E-state index is -1.02. The summed E-state index contributed by atoms with van der Waals surface area (Å²) in [6, 6.07) is 4.89. The first-order valence-electron chi connectivity index (χ1n) is 5.78. The molecule has 5 nitrogen and oxygen atoms in total. The largest absolute Gasteiger partial charge is 0.493 e. The molecule has 19 heavy (non-hydrogen) atoms. The average Bonchev–Trinajstić information content (AvgIpc) is 2.38. The smallest absolute Gasteiger partial charge is 0.328 e. The SMILES string of the molecule is CCC(=O)Oc1ccc(C(C)=CC(=O)O)cc1OC. The number of hydrogen-bond acceptors (Lipinski definition) is 4. The van der Waals surface area contributed by atoms with Crippen LogP contribution in [-0.4, -0.2) is 24.2 Å². The molecule has 0 atom stereocenters. The Morgan fingerprint density at radius 3 is 2.53 bits per heavy atom. The predicted octanol–water partition coefficient (Wildman–Crippen LogP) is 2.50. The summed E-state index contributed by atoms with van der Waals surface area (Å²) in [4.78, 5) is 21.9. The maximum absolute atomic E-state index is 11.2. The van der Waals surface area contributed by atoms with Crippen LogP contribution >= 0.6 is 0 Å². The molecule has 0 spiro atoms. The van der Waals surface area contributed by atoms with Gasteiger partial charge in [0.25, 0.3) is 0 Å². The van der Waals surface area contributed by atoms with Crippen LogP contribution in [0.15, 0.2) is 24.3 Å². The van der Waals surface area contributed by atoms with Crippen molar-refractivity contribution in [2.24, 2.45) is 0 Å². The fourth-order valence-corrected chi connectivity index (χ4v) is 1.46. The zero-order valence-electron chi connectivity index (χ0n) is 11.1. The summed E-state index contributed by atoms with van der Waals surface area (Å²) in [5.74, 6) is -0.666. The lowest BCUT2D eigenvalue weighted by Crippen LogP contribution is -2.06. The zero-order chi connectivity index (χ0) is 14.4. The third-order valence-corrected chi connectivity index (χ3v) is 2.47. The number of carbonyl (C=O) groups excluding carboxylic acids is 1. The molecule has 0 radical (unpaired) electrons. The Bertz CT molecular complexity index is 517. The van der Waals surface area contributed by atoms with E-state index in [0.29, 0.717) is 22.6 Å². The number of methoxy groups -OCH3 is 1. The molecule has 0 saturated carbocycles. The van der Waals surface area contributed by atoms with Gasteiger partial charge < -0.3 is 14.6 Å². The van der Waals surface area contributed by atoms with Crippen LogP contribution in [0.4, 0.5) is 0 Å².